The highest BCUT2D eigenvalue weighted by molar-refractivity contribution is 7.14. The number of amides is 1. The fraction of sp³-hybridized carbons (Fsp3) is 0.0667. The Labute approximate surface area is 131 Å². The van der Waals surface area contributed by atoms with Gasteiger partial charge in [0.05, 0.1) is 12.2 Å². The maximum atomic E-state index is 12.0. The lowest BCUT2D eigenvalue weighted by molar-refractivity contribution is 0.0946. The zero-order valence-corrected chi connectivity index (χ0v) is 12.4. The number of anilines is 2. The van der Waals surface area contributed by atoms with Crippen LogP contribution in [-0.4, -0.2) is 20.9 Å². The van der Waals surface area contributed by atoms with E-state index in [0.717, 1.165) is 5.69 Å². The summed E-state index contributed by atoms with van der Waals surface area (Å²) in [6, 6.07) is 11.1. The molecular weight excluding hydrogens is 298 g/mol. The number of carbonyl (C=O) groups excluding carboxylic acids is 1. The third-order valence-corrected chi connectivity index (χ3v) is 3.55. The second kappa shape index (κ2) is 6.77. The van der Waals surface area contributed by atoms with Crippen molar-refractivity contribution in [3.8, 4) is 0 Å². The number of nitrogens with zero attached hydrogens (tertiary/aromatic N) is 3. The summed E-state index contributed by atoms with van der Waals surface area (Å²) in [5, 5.41) is 8.18. The first-order chi connectivity index (χ1) is 10.8. The molecule has 0 aromatic carbocycles. The van der Waals surface area contributed by atoms with Crippen molar-refractivity contribution in [2.24, 2.45) is 0 Å². The highest BCUT2D eigenvalue weighted by atomic mass is 32.1. The third kappa shape index (κ3) is 3.64. The van der Waals surface area contributed by atoms with Gasteiger partial charge in [-0.25, -0.2) is 9.97 Å². The molecule has 3 aromatic rings. The predicted molar refractivity (Wildman–Crippen MR) is 85.0 cm³/mol. The van der Waals surface area contributed by atoms with Crippen LogP contribution in [0.1, 0.15) is 16.2 Å². The highest BCUT2D eigenvalue weighted by Gasteiger charge is 2.11. The van der Waals surface area contributed by atoms with Crippen molar-refractivity contribution in [1.82, 2.24) is 20.3 Å². The van der Waals surface area contributed by atoms with Crippen LogP contribution in [0.25, 0.3) is 0 Å². The molecule has 3 heterocycles. The van der Waals surface area contributed by atoms with Gasteiger partial charge in [0.25, 0.3) is 5.91 Å². The van der Waals surface area contributed by atoms with Gasteiger partial charge in [-0.2, -0.15) is 0 Å². The van der Waals surface area contributed by atoms with Gasteiger partial charge in [-0.15, -0.1) is 11.3 Å². The van der Waals surface area contributed by atoms with E-state index in [0.29, 0.717) is 23.2 Å². The van der Waals surface area contributed by atoms with Gasteiger partial charge in [-0.1, -0.05) is 12.1 Å². The van der Waals surface area contributed by atoms with E-state index in [-0.39, 0.29) is 5.91 Å². The standard InChI is InChI=1S/C15H13N5OS/c21-14(18-9-11-5-1-3-7-16-11)12-10-22-15(19-12)20-13-6-2-4-8-17-13/h1-8,10H,9H2,(H,18,21)(H,17,19,20). The first kappa shape index (κ1) is 14.2. The van der Waals surface area contributed by atoms with Gasteiger partial charge in [0.2, 0.25) is 0 Å². The van der Waals surface area contributed by atoms with Crippen LogP contribution in [0.15, 0.2) is 54.2 Å². The van der Waals surface area contributed by atoms with Crippen LogP contribution in [0.5, 0.6) is 0 Å². The quantitative estimate of drug-likeness (QED) is 0.757. The van der Waals surface area contributed by atoms with Crippen LogP contribution in [-0.2, 0) is 6.54 Å². The molecule has 0 aliphatic heterocycles. The summed E-state index contributed by atoms with van der Waals surface area (Å²) < 4.78 is 0. The molecule has 3 aromatic heterocycles. The largest absolute Gasteiger partial charge is 0.345 e. The van der Waals surface area contributed by atoms with E-state index in [2.05, 4.69) is 25.6 Å². The molecule has 0 bridgehead atoms. The number of aromatic nitrogens is 3. The molecule has 0 saturated carbocycles. The Kier molecular flexibility index (Phi) is 4.35. The summed E-state index contributed by atoms with van der Waals surface area (Å²) in [7, 11) is 0. The Bertz CT molecular complexity index is 745. The number of carbonyl (C=O) groups is 1. The van der Waals surface area contributed by atoms with Gasteiger partial charge >= 0.3 is 0 Å². The van der Waals surface area contributed by atoms with Crippen molar-refractivity contribution < 1.29 is 4.79 Å². The van der Waals surface area contributed by atoms with Crippen LogP contribution < -0.4 is 10.6 Å². The van der Waals surface area contributed by atoms with Crippen molar-refractivity contribution in [3.63, 3.8) is 0 Å². The van der Waals surface area contributed by atoms with Crippen molar-refractivity contribution in [2.75, 3.05) is 5.32 Å². The minimum atomic E-state index is -0.226. The van der Waals surface area contributed by atoms with Crippen LogP contribution in [0.3, 0.4) is 0 Å². The second-order valence-electron chi connectivity index (χ2n) is 4.38. The van der Waals surface area contributed by atoms with Crippen LogP contribution in [0.4, 0.5) is 10.9 Å². The summed E-state index contributed by atoms with van der Waals surface area (Å²) in [6.07, 6.45) is 3.38. The van der Waals surface area contributed by atoms with Crippen LogP contribution in [0, 0.1) is 0 Å². The number of hydrogen-bond acceptors (Lipinski definition) is 6. The van der Waals surface area contributed by atoms with E-state index >= 15 is 0 Å². The number of hydrogen-bond donors (Lipinski definition) is 2. The van der Waals surface area contributed by atoms with E-state index in [9.17, 15) is 4.79 Å². The van der Waals surface area contributed by atoms with E-state index < -0.39 is 0 Å². The topological polar surface area (TPSA) is 79.8 Å². The molecule has 22 heavy (non-hydrogen) atoms. The molecule has 7 heteroatoms. The molecule has 0 spiro atoms. The van der Waals surface area contributed by atoms with Crippen molar-refractivity contribution in [3.05, 3.63) is 65.6 Å². The minimum absolute atomic E-state index is 0.226. The van der Waals surface area contributed by atoms with Gasteiger partial charge in [0, 0.05) is 17.8 Å². The first-order valence-electron chi connectivity index (χ1n) is 6.63. The molecule has 0 fully saturated rings. The molecule has 0 aliphatic rings. The lowest BCUT2D eigenvalue weighted by Gasteiger charge is -2.02. The third-order valence-electron chi connectivity index (χ3n) is 2.79. The monoisotopic (exact) mass is 311 g/mol. The Morgan fingerprint density at radius 2 is 1.91 bits per heavy atom. The second-order valence-corrected chi connectivity index (χ2v) is 5.24. The van der Waals surface area contributed by atoms with Crippen molar-refractivity contribution in [2.45, 2.75) is 6.54 Å². The zero-order chi connectivity index (χ0) is 15.2. The average molecular weight is 311 g/mol. The van der Waals surface area contributed by atoms with E-state index in [1.165, 1.54) is 11.3 Å². The van der Waals surface area contributed by atoms with Gasteiger partial charge < -0.3 is 10.6 Å². The van der Waals surface area contributed by atoms with Crippen molar-refractivity contribution in [1.29, 1.82) is 0 Å². The van der Waals surface area contributed by atoms with Gasteiger partial charge in [0.1, 0.15) is 11.5 Å². The number of pyridine rings is 2. The van der Waals surface area contributed by atoms with E-state index in [1.807, 2.05) is 36.4 Å². The number of rotatable bonds is 5. The first-order valence-corrected chi connectivity index (χ1v) is 7.51. The molecule has 0 aliphatic carbocycles. The Morgan fingerprint density at radius 1 is 1.09 bits per heavy atom. The SMILES string of the molecule is O=C(NCc1ccccn1)c1csc(Nc2ccccn2)n1. The molecule has 2 N–H and O–H groups in total. The smallest absolute Gasteiger partial charge is 0.271 e. The summed E-state index contributed by atoms with van der Waals surface area (Å²) in [5.41, 5.74) is 1.18. The molecule has 0 radical (unpaired) electrons. The van der Waals surface area contributed by atoms with E-state index in [4.69, 9.17) is 0 Å². The summed E-state index contributed by atoms with van der Waals surface area (Å²) in [5.74, 6) is 0.466. The van der Waals surface area contributed by atoms with Gasteiger partial charge in [0.15, 0.2) is 5.13 Å². The lowest BCUT2D eigenvalue weighted by atomic mass is 10.3. The average Bonchev–Trinajstić information content (AvgIpc) is 3.03. The summed E-state index contributed by atoms with van der Waals surface area (Å²) in [4.78, 5) is 24.6. The molecular formula is C15H13N5OS. The normalized spacial score (nSPS) is 10.2. The molecule has 0 atom stereocenters. The number of thiazole rings is 1. The predicted octanol–water partition coefficient (Wildman–Crippen LogP) is 2.61. The number of nitrogens with one attached hydrogen (secondary N) is 2. The highest BCUT2D eigenvalue weighted by Crippen LogP contribution is 2.19. The minimum Gasteiger partial charge on any atom is -0.345 e. The van der Waals surface area contributed by atoms with Crippen molar-refractivity contribution >= 4 is 28.2 Å². The van der Waals surface area contributed by atoms with Crippen LogP contribution in [0.2, 0.25) is 0 Å². The Hall–Kier alpha value is -2.80. The molecule has 1 amide bonds. The lowest BCUT2D eigenvalue weighted by Crippen LogP contribution is -2.23. The Balaban J connectivity index is 1.60. The summed E-state index contributed by atoms with van der Waals surface area (Å²) in [6.45, 7) is 0.375. The molecule has 6 nitrogen and oxygen atoms in total. The molecule has 0 saturated heterocycles. The fourth-order valence-corrected chi connectivity index (χ4v) is 2.44. The fourth-order valence-electron chi connectivity index (χ4n) is 1.75. The maximum Gasteiger partial charge on any atom is 0.271 e. The van der Waals surface area contributed by atoms with E-state index in [1.54, 1.807) is 17.8 Å². The molecule has 110 valence electrons. The van der Waals surface area contributed by atoms with Crippen LogP contribution >= 0.6 is 11.3 Å². The molecule has 3 rings (SSSR count). The maximum absolute atomic E-state index is 12.0. The summed E-state index contributed by atoms with van der Waals surface area (Å²) >= 11 is 1.36. The Morgan fingerprint density at radius 3 is 2.64 bits per heavy atom. The zero-order valence-electron chi connectivity index (χ0n) is 11.6. The van der Waals surface area contributed by atoms with Gasteiger partial charge in [-0.3, -0.25) is 9.78 Å². The van der Waals surface area contributed by atoms with Gasteiger partial charge in [-0.05, 0) is 24.3 Å². The molecule has 0 unspecified atom stereocenters.